The molecular weight excluding hydrogens is 247 g/mol. The van der Waals surface area contributed by atoms with Gasteiger partial charge in [0.1, 0.15) is 5.65 Å². The van der Waals surface area contributed by atoms with Gasteiger partial charge in [-0.15, -0.1) is 0 Å². The Labute approximate surface area is 108 Å². The molecule has 0 unspecified atom stereocenters. The third-order valence-electron chi connectivity index (χ3n) is 2.93. The van der Waals surface area contributed by atoms with Crippen molar-refractivity contribution in [3.8, 4) is 17.0 Å². The highest BCUT2D eigenvalue weighted by atomic mass is 19.1. The Bertz CT molecular complexity index is 753. The molecule has 0 saturated carbocycles. The molecule has 3 aromatic rings. The quantitative estimate of drug-likeness (QED) is 0.764. The number of hydrogen-bond donors (Lipinski definition) is 1. The monoisotopic (exact) mass is 258 g/mol. The summed E-state index contributed by atoms with van der Waals surface area (Å²) < 4.78 is 21.0. The molecule has 2 N–H and O–H groups in total. The minimum Gasteiger partial charge on any atom is -0.482 e. The summed E-state index contributed by atoms with van der Waals surface area (Å²) in [6.45, 7) is 0. The van der Waals surface area contributed by atoms with E-state index in [1.165, 1.54) is 6.20 Å². The van der Waals surface area contributed by atoms with Gasteiger partial charge in [0.05, 0.1) is 7.11 Å². The van der Waals surface area contributed by atoms with Crippen molar-refractivity contribution in [2.45, 2.75) is 0 Å². The molecule has 3 aromatic heterocycles. The summed E-state index contributed by atoms with van der Waals surface area (Å²) in [5, 5.41) is 0. The number of nitrogen functional groups attached to an aromatic ring is 1. The number of ether oxygens (including phenoxy) is 1. The smallest absolute Gasteiger partial charge is 0.199 e. The van der Waals surface area contributed by atoms with E-state index in [1.807, 2.05) is 0 Å². The number of pyridine rings is 2. The van der Waals surface area contributed by atoms with Crippen molar-refractivity contribution in [3.63, 3.8) is 0 Å². The molecule has 3 heterocycles. The van der Waals surface area contributed by atoms with Gasteiger partial charge in [-0.2, -0.15) is 0 Å². The maximum atomic E-state index is 14.0. The Balaban J connectivity index is 2.32. The number of rotatable bonds is 2. The van der Waals surface area contributed by atoms with Gasteiger partial charge in [-0.3, -0.25) is 4.40 Å². The third-order valence-corrected chi connectivity index (χ3v) is 2.93. The number of nitrogens with two attached hydrogens (primary N) is 1. The lowest BCUT2D eigenvalue weighted by molar-refractivity contribution is 0.392. The fourth-order valence-electron chi connectivity index (χ4n) is 2.03. The van der Waals surface area contributed by atoms with Crippen molar-refractivity contribution in [1.29, 1.82) is 0 Å². The Kier molecular flexibility index (Phi) is 2.56. The topological polar surface area (TPSA) is 65.4 Å². The van der Waals surface area contributed by atoms with Gasteiger partial charge in [0.25, 0.3) is 0 Å². The summed E-state index contributed by atoms with van der Waals surface area (Å²) in [4.78, 5) is 7.95. The highest BCUT2D eigenvalue weighted by Gasteiger charge is 2.14. The number of fused-ring (bicyclic) bond motifs is 1. The molecular formula is C13H11FN4O. The molecule has 0 bridgehead atoms. The number of hydrogen-bond acceptors (Lipinski definition) is 4. The van der Waals surface area contributed by atoms with E-state index in [2.05, 4.69) is 9.97 Å². The van der Waals surface area contributed by atoms with Crippen LogP contribution >= 0.6 is 0 Å². The number of halogens is 1. The second kappa shape index (κ2) is 4.24. The summed E-state index contributed by atoms with van der Waals surface area (Å²) in [5.74, 6) is -0.0470. The number of nitrogens with zero attached hydrogens (tertiary/aromatic N) is 3. The standard InChI is InChI=1S/C13H11FN4O/c1-19-10-3-2-9(13-17-6-7-18(10)13)8-4-5-16-12(15)11(8)14/h2-7H,1H3,(H2,15,16). The zero-order valence-electron chi connectivity index (χ0n) is 10.2. The van der Waals surface area contributed by atoms with E-state index < -0.39 is 5.82 Å². The van der Waals surface area contributed by atoms with Gasteiger partial charge >= 0.3 is 0 Å². The number of anilines is 1. The predicted molar refractivity (Wildman–Crippen MR) is 69.3 cm³/mol. The molecule has 0 saturated heterocycles. The summed E-state index contributed by atoms with van der Waals surface area (Å²) in [6.07, 6.45) is 4.85. The molecule has 5 nitrogen and oxygen atoms in total. The predicted octanol–water partition coefficient (Wildman–Crippen LogP) is 2.13. The van der Waals surface area contributed by atoms with Crippen LogP contribution in [0.3, 0.4) is 0 Å². The molecule has 3 rings (SSSR count). The summed E-state index contributed by atoms with van der Waals surface area (Å²) in [5.41, 5.74) is 7.10. The van der Waals surface area contributed by atoms with E-state index in [4.69, 9.17) is 10.5 Å². The van der Waals surface area contributed by atoms with Gasteiger partial charge in [0, 0.05) is 29.7 Å². The Morgan fingerprint density at radius 2 is 2.00 bits per heavy atom. The van der Waals surface area contributed by atoms with E-state index in [9.17, 15) is 4.39 Å². The van der Waals surface area contributed by atoms with Crippen LogP contribution in [0.4, 0.5) is 10.2 Å². The van der Waals surface area contributed by atoms with E-state index in [0.717, 1.165) is 0 Å². The Hall–Kier alpha value is -2.63. The first-order valence-electron chi connectivity index (χ1n) is 5.63. The van der Waals surface area contributed by atoms with E-state index >= 15 is 0 Å². The van der Waals surface area contributed by atoms with Crippen molar-refractivity contribution >= 4 is 11.5 Å². The maximum Gasteiger partial charge on any atom is 0.199 e. The molecule has 6 heteroatoms. The van der Waals surface area contributed by atoms with Crippen LogP contribution in [0, 0.1) is 5.82 Å². The first-order valence-corrected chi connectivity index (χ1v) is 5.63. The average molecular weight is 258 g/mol. The van der Waals surface area contributed by atoms with Crippen molar-refractivity contribution in [2.75, 3.05) is 12.8 Å². The van der Waals surface area contributed by atoms with Gasteiger partial charge < -0.3 is 10.5 Å². The molecule has 0 aliphatic carbocycles. The summed E-state index contributed by atoms with van der Waals surface area (Å²) in [6, 6.07) is 5.07. The fraction of sp³-hybridized carbons (Fsp3) is 0.0769. The van der Waals surface area contributed by atoms with Crippen molar-refractivity contribution in [3.05, 3.63) is 42.6 Å². The molecule has 0 aliphatic heterocycles. The highest BCUT2D eigenvalue weighted by molar-refractivity contribution is 5.79. The van der Waals surface area contributed by atoms with E-state index in [1.54, 1.807) is 42.1 Å². The zero-order valence-corrected chi connectivity index (χ0v) is 10.2. The molecule has 0 aromatic carbocycles. The van der Waals surface area contributed by atoms with E-state index in [0.29, 0.717) is 22.7 Å². The molecule has 19 heavy (non-hydrogen) atoms. The average Bonchev–Trinajstić information content (AvgIpc) is 2.90. The SMILES string of the molecule is COc1ccc(-c2ccnc(N)c2F)c2nccn12. The summed E-state index contributed by atoms with van der Waals surface area (Å²) in [7, 11) is 1.57. The minimum absolute atomic E-state index is 0.127. The second-order valence-corrected chi connectivity index (χ2v) is 3.97. The molecule has 0 aliphatic rings. The second-order valence-electron chi connectivity index (χ2n) is 3.97. The maximum absolute atomic E-state index is 14.0. The molecule has 0 spiro atoms. The minimum atomic E-state index is -0.544. The number of imidazole rings is 1. The van der Waals surface area contributed by atoms with Crippen LogP contribution in [-0.4, -0.2) is 21.5 Å². The van der Waals surface area contributed by atoms with Gasteiger partial charge in [-0.25, -0.2) is 14.4 Å². The molecule has 96 valence electrons. The first-order chi connectivity index (χ1) is 9.22. The first kappa shape index (κ1) is 11.5. The van der Waals surface area contributed by atoms with Crippen LogP contribution in [0.1, 0.15) is 0 Å². The Morgan fingerprint density at radius 1 is 1.16 bits per heavy atom. The van der Waals surface area contributed by atoms with Crippen LogP contribution in [0.5, 0.6) is 5.88 Å². The lowest BCUT2D eigenvalue weighted by Crippen LogP contribution is -1.99. The highest BCUT2D eigenvalue weighted by Crippen LogP contribution is 2.30. The largest absolute Gasteiger partial charge is 0.482 e. The van der Waals surface area contributed by atoms with Crippen molar-refractivity contribution in [2.24, 2.45) is 0 Å². The van der Waals surface area contributed by atoms with Crippen LogP contribution in [-0.2, 0) is 0 Å². The zero-order chi connectivity index (χ0) is 13.4. The van der Waals surface area contributed by atoms with Gasteiger partial charge in [0.2, 0.25) is 0 Å². The van der Waals surface area contributed by atoms with Crippen molar-refractivity contribution < 1.29 is 9.13 Å². The molecule has 0 radical (unpaired) electrons. The lowest BCUT2D eigenvalue weighted by atomic mass is 10.1. The van der Waals surface area contributed by atoms with Gasteiger partial charge in [-0.1, -0.05) is 0 Å². The number of aromatic nitrogens is 3. The molecule has 0 amide bonds. The molecule has 0 atom stereocenters. The van der Waals surface area contributed by atoms with Gasteiger partial charge in [-0.05, 0) is 18.2 Å². The van der Waals surface area contributed by atoms with Crippen molar-refractivity contribution in [1.82, 2.24) is 14.4 Å². The Morgan fingerprint density at radius 3 is 2.79 bits per heavy atom. The number of methoxy groups -OCH3 is 1. The summed E-state index contributed by atoms with van der Waals surface area (Å²) >= 11 is 0. The fourth-order valence-corrected chi connectivity index (χ4v) is 2.03. The van der Waals surface area contributed by atoms with Crippen LogP contribution < -0.4 is 10.5 Å². The van der Waals surface area contributed by atoms with Gasteiger partial charge in [0.15, 0.2) is 17.5 Å². The third kappa shape index (κ3) is 1.69. The van der Waals surface area contributed by atoms with Crippen LogP contribution in [0.15, 0.2) is 36.8 Å². The lowest BCUT2D eigenvalue weighted by Gasteiger charge is -2.09. The van der Waals surface area contributed by atoms with Crippen LogP contribution in [0.2, 0.25) is 0 Å². The normalized spacial score (nSPS) is 10.8. The van der Waals surface area contributed by atoms with E-state index in [-0.39, 0.29) is 5.82 Å². The molecule has 0 fully saturated rings. The van der Waals surface area contributed by atoms with Crippen LogP contribution in [0.25, 0.3) is 16.8 Å².